The van der Waals surface area contributed by atoms with E-state index in [-0.39, 0.29) is 11.2 Å². The van der Waals surface area contributed by atoms with Crippen LogP contribution in [0.1, 0.15) is 35.3 Å². The maximum atomic E-state index is 13.4. The van der Waals surface area contributed by atoms with E-state index in [1.165, 1.54) is 36.6 Å². The van der Waals surface area contributed by atoms with Crippen LogP contribution in [0.5, 0.6) is 0 Å². The van der Waals surface area contributed by atoms with Crippen LogP contribution in [0, 0.1) is 0 Å². The number of para-hydroxylation sites is 2. The zero-order valence-electron chi connectivity index (χ0n) is 18.8. The number of hydrogen-bond acceptors (Lipinski definition) is 4. The minimum atomic E-state index is -0.313. The molecule has 0 aromatic heterocycles. The Balaban J connectivity index is 1.42. The van der Waals surface area contributed by atoms with Crippen molar-refractivity contribution in [3.63, 3.8) is 0 Å². The molecule has 7 rings (SSSR count). The summed E-state index contributed by atoms with van der Waals surface area (Å²) in [4.78, 5) is 20.7. The quantitative estimate of drug-likeness (QED) is 0.222. The Hall–Kier alpha value is -3.21. The average molecular weight is 476 g/mol. The summed E-state index contributed by atoms with van der Waals surface area (Å²) in [5, 5.41) is 0. The van der Waals surface area contributed by atoms with Crippen LogP contribution in [0.2, 0.25) is 0 Å². The van der Waals surface area contributed by atoms with E-state index >= 15 is 0 Å². The molecule has 0 saturated carbocycles. The van der Waals surface area contributed by atoms with Gasteiger partial charge >= 0.3 is 0 Å². The van der Waals surface area contributed by atoms with Crippen LogP contribution in [0.15, 0.2) is 110 Å². The monoisotopic (exact) mass is 475 g/mol. The second-order valence-electron chi connectivity index (χ2n) is 9.40. The third-order valence-corrected chi connectivity index (χ3v) is 9.20. The van der Waals surface area contributed by atoms with E-state index in [1.54, 1.807) is 0 Å². The first-order valence-electron chi connectivity index (χ1n) is 11.4. The van der Waals surface area contributed by atoms with E-state index in [4.69, 9.17) is 0 Å². The van der Waals surface area contributed by atoms with Crippen molar-refractivity contribution in [2.24, 2.45) is 0 Å². The third-order valence-electron chi connectivity index (χ3n) is 7.01. The first-order chi connectivity index (χ1) is 16.5. The normalized spacial score (nSPS) is 17.8. The van der Waals surface area contributed by atoms with E-state index in [2.05, 4.69) is 91.6 Å². The van der Waals surface area contributed by atoms with E-state index in [9.17, 15) is 4.79 Å². The first-order valence-corrected chi connectivity index (χ1v) is 13.0. The van der Waals surface area contributed by atoms with Gasteiger partial charge in [-0.15, -0.1) is 0 Å². The second kappa shape index (κ2) is 7.14. The molecule has 0 amide bonds. The molecule has 0 fully saturated rings. The van der Waals surface area contributed by atoms with Crippen molar-refractivity contribution < 1.29 is 4.79 Å². The number of hydrogen-bond donors (Lipinski definition) is 0. The van der Waals surface area contributed by atoms with Gasteiger partial charge in [0.1, 0.15) is 0 Å². The number of Topliss-reactive ketones (excluding diaryl/α,β-unsaturated/α-hetero) is 1. The van der Waals surface area contributed by atoms with Gasteiger partial charge in [-0.2, -0.15) is 0 Å². The van der Waals surface area contributed by atoms with Crippen molar-refractivity contribution in [2.45, 2.75) is 38.8 Å². The van der Waals surface area contributed by atoms with Crippen molar-refractivity contribution in [1.29, 1.82) is 0 Å². The molecular weight excluding hydrogens is 454 g/mol. The van der Waals surface area contributed by atoms with Crippen molar-refractivity contribution in [2.75, 3.05) is 4.90 Å². The van der Waals surface area contributed by atoms with Crippen LogP contribution in [0.4, 0.5) is 17.1 Å². The molecule has 2 aliphatic heterocycles. The summed E-state index contributed by atoms with van der Waals surface area (Å²) in [7, 11) is 0. The highest BCUT2D eigenvalue weighted by Crippen LogP contribution is 2.60. The number of anilines is 3. The zero-order chi connectivity index (χ0) is 23.0. The lowest BCUT2D eigenvalue weighted by molar-refractivity contribution is 0.103. The smallest absolute Gasteiger partial charge is 0.190 e. The van der Waals surface area contributed by atoms with Crippen LogP contribution in [0.25, 0.3) is 6.08 Å². The van der Waals surface area contributed by atoms with E-state index in [1.807, 2.05) is 41.7 Å². The van der Waals surface area contributed by atoms with Crippen LogP contribution in [-0.4, -0.2) is 5.78 Å². The number of allylic oxidation sites excluding steroid dienone is 1. The van der Waals surface area contributed by atoms with Crippen LogP contribution < -0.4 is 4.90 Å². The molecular formula is C30H21NOS2. The van der Waals surface area contributed by atoms with Crippen LogP contribution in [0.3, 0.4) is 0 Å². The number of carbonyl (C=O) groups is 1. The van der Waals surface area contributed by atoms with E-state index in [0.29, 0.717) is 0 Å². The molecule has 2 heterocycles. The minimum absolute atomic E-state index is 0.143. The van der Waals surface area contributed by atoms with Gasteiger partial charge in [0, 0.05) is 36.1 Å². The molecule has 2 nitrogen and oxygen atoms in total. The Morgan fingerprint density at radius 3 is 1.91 bits per heavy atom. The maximum Gasteiger partial charge on any atom is 0.190 e. The largest absolute Gasteiger partial charge is 0.306 e. The minimum Gasteiger partial charge on any atom is -0.306 e. The Morgan fingerprint density at radius 2 is 1.29 bits per heavy atom. The lowest BCUT2D eigenvalue weighted by atomic mass is 9.82. The molecule has 0 N–H and O–H groups in total. The number of carbonyl (C=O) groups excluding carboxylic acids is 1. The fraction of sp³-hybridized carbons (Fsp3) is 0.100. The van der Waals surface area contributed by atoms with Gasteiger partial charge in [0.2, 0.25) is 0 Å². The molecule has 0 radical (unpaired) electrons. The summed E-state index contributed by atoms with van der Waals surface area (Å²) in [5.74, 6) is 0.143. The van der Waals surface area contributed by atoms with Gasteiger partial charge in [-0.1, -0.05) is 85.9 Å². The van der Waals surface area contributed by atoms with Crippen LogP contribution >= 0.6 is 23.5 Å². The van der Waals surface area contributed by atoms with Crippen molar-refractivity contribution in [1.82, 2.24) is 0 Å². The van der Waals surface area contributed by atoms with Gasteiger partial charge in [0.25, 0.3) is 0 Å². The molecule has 34 heavy (non-hydrogen) atoms. The summed E-state index contributed by atoms with van der Waals surface area (Å²) >= 11 is 3.63. The van der Waals surface area contributed by atoms with E-state index in [0.717, 1.165) is 22.3 Å². The highest BCUT2D eigenvalue weighted by Gasteiger charge is 2.41. The fourth-order valence-corrected chi connectivity index (χ4v) is 7.68. The molecule has 3 aliphatic rings. The lowest BCUT2D eigenvalue weighted by Gasteiger charge is -2.38. The molecule has 0 bridgehead atoms. The van der Waals surface area contributed by atoms with Crippen LogP contribution in [-0.2, 0) is 5.41 Å². The predicted molar refractivity (Wildman–Crippen MR) is 141 cm³/mol. The van der Waals surface area contributed by atoms with Gasteiger partial charge in [-0.05, 0) is 53.6 Å². The third kappa shape index (κ3) is 2.76. The summed E-state index contributed by atoms with van der Waals surface area (Å²) in [6, 6.07) is 29.7. The van der Waals surface area contributed by atoms with Crippen molar-refractivity contribution >= 4 is 52.4 Å². The molecule has 4 aromatic carbocycles. The summed E-state index contributed by atoms with van der Waals surface area (Å²) in [6.07, 6.45) is 2.12. The summed E-state index contributed by atoms with van der Waals surface area (Å²) < 4.78 is 0. The Labute approximate surface area is 207 Å². The summed E-state index contributed by atoms with van der Waals surface area (Å²) in [5.41, 5.74) is 7.27. The Bertz CT molecular complexity index is 1500. The van der Waals surface area contributed by atoms with E-state index < -0.39 is 0 Å². The Kier molecular flexibility index (Phi) is 4.24. The maximum absolute atomic E-state index is 13.4. The van der Waals surface area contributed by atoms with Crippen molar-refractivity contribution in [3.8, 4) is 0 Å². The lowest BCUT2D eigenvalue weighted by Crippen LogP contribution is -2.19. The van der Waals surface area contributed by atoms with Gasteiger partial charge < -0.3 is 4.90 Å². The highest BCUT2D eigenvalue weighted by atomic mass is 32.2. The topological polar surface area (TPSA) is 20.3 Å². The van der Waals surface area contributed by atoms with Gasteiger partial charge in [-0.25, -0.2) is 0 Å². The summed E-state index contributed by atoms with van der Waals surface area (Å²) in [6.45, 7) is 4.31. The van der Waals surface area contributed by atoms with Gasteiger partial charge in [0.05, 0.1) is 17.1 Å². The number of rotatable bonds is 1. The molecule has 0 unspecified atom stereocenters. The molecule has 164 valence electrons. The number of benzene rings is 4. The molecule has 0 spiro atoms. The average Bonchev–Trinajstić information content (AvgIpc) is 3.04. The molecule has 4 heteroatoms. The Morgan fingerprint density at radius 1 is 0.735 bits per heavy atom. The van der Waals surface area contributed by atoms with Gasteiger partial charge in [0.15, 0.2) is 5.78 Å². The fourth-order valence-electron chi connectivity index (χ4n) is 5.34. The van der Waals surface area contributed by atoms with Crippen molar-refractivity contribution in [3.05, 3.63) is 107 Å². The molecule has 0 atom stereocenters. The second-order valence-corrected chi connectivity index (χ2v) is 11.6. The highest BCUT2D eigenvalue weighted by molar-refractivity contribution is 8.00. The number of fused-ring (bicyclic) bond motifs is 5. The number of nitrogens with zero attached hydrogens (tertiary/aromatic N) is 1. The van der Waals surface area contributed by atoms with Gasteiger partial charge in [-0.3, -0.25) is 4.79 Å². The first kappa shape index (κ1) is 20.2. The number of ketones is 1. The standard InChI is InChI=1S/C30H21NOS2/c1-30(2)20-10-4-3-9-19(20)29(32)21(30)15-18-16-26-28-27(17-18)34-25-14-8-6-12-23(25)31(28)22-11-5-7-13-24(22)33-26/h3-17H,1-2H3/b21-15+. The molecule has 1 aliphatic carbocycles. The predicted octanol–water partition coefficient (Wildman–Crippen LogP) is 8.64. The SMILES string of the molecule is CC1(C)/C(=C/c2cc3c4c(c2)Sc2ccccc2N4c2ccccc2S3)C(=O)c2ccccc21. The molecule has 4 aromatic rings. The zero-order valence-corrected chi connectivity index (χ0v) is 20.5. The molecule has 0 saturated heterocycles.